The minimum atomic E-state index is -1.30. The molecule has 1 saturated carbocycles. The number of anilines is 1. The number of likely N-dealkylation sites (N-methyl/N-ethyl adjacent to an activating group) is 1. The predicted octanol–water partition coefficient (Wildman–Crippen LogP) is 2.31. The van der Waals surface area contributed by atoms with Crippen molar-refractivity contribution in [3.8, 4) is 0 Å². The van der Waals surface area contributed by atoms with Crippen molar-refractivity contribution in [3.05, 3.63) is 45.5 Å². The van der Waals surface area contributed by atoms with E-state index in [2.05, 4.69) is 16.4 Å². The Bertz CT molecular complexity index is 1020. The first kappa shape index (κ1) is 18.6. The van der Waals surface area contributed by atoms with Gasteiger partial charge in [-0.25, -0.2) is 14.2 Å². The Balaban J connectivity index is 1.74. The molecular formula is C20H23FN4O3. The zero-order valence-electron chi connectivity index (χ0n) is 15.7. The summed E-state index contributed by atoms with van der Waals surface area (Å²) >= 11 is 0. The zero-order chi connectivity index (χ0) is 19.8. The molecule has 0 radical (unpaired) electrons. The number of rotatable bonds is 5. The lowest BCUT2D eigenvalue weighted by Gasteiger charge is -2.30. The molecule has 2 aliphatic rings. The highest BCUT2D eigenvalue weighted by Gasteiger charge is 2.29. The number of piperidine rings is 1. The number of carboxylic acids is 1. The van der Waals surface area contributed by atoms with E-state index >= 15 is 0 Å². The lowest BCUT2D eigenvalue weighted by molar-refractivity contribution is 0.0695. The lowest BCUT2D eigenvalue weighted by Crippen LogP contribution is -2.32. The Morgan fingerprint density at radius 2 is 2.11 bits per heavy atom. The molecule has 3 heterocycles. The van der Waals surface area contributed by atoms with Crippen LogP contribution in [0, 0.1) is 5.82 Å². The maximum Gasteiger partial charge on any atom is 0.341 e. The van der Waals surface area contributed by atoms with Crippen molar-refractivity contribution in [1.29, 1.82) is 0 Å². The van der Waals surface area contributed by atoms with Gasteiger partial charge in [0.2, 0.25) is 5.43 Å². The van der Waals surface area contributed by atoms with Crippen LogP contribution in [0.5, 0.6) is 0 Å². The second kappa shape index (κ2) is 7.35. The minimum absolute atomic E-state index is 0.0275. The fourth-order valence-corrected chi connectivity index (χ4v) is 3.70. The van der Waals surface area contributed by atoms with E-state index in [-0.39, 0.29) is 22.8 Å². The smallest absolute Gasteiger partial charge is 0.341 e. The molecule has 0 bridgehead atoms. The summed E-state index contributed by atoms with van der Waals surface area (Å²) < 4.78 is 16.6. The molecule has 2 N–H and O–H groups in total. The Labute approximate surface area is 161 Å². The van der Waals surface area contributed by atoms with Gasteiger partial charge in [-0.05, 0) is 38.8 Å². The van der Waals surface area contributed by atoms with Crippen LogP contribution in [0.4, 0.5) is 10.2 Å². The Morgan fingerprint density at radius 1 is 1.39 bits per heavy atom. The van der Waals surface area contributed by atoms with Gasteiger partial charge in [0.15, 0.2) is 11.6 Å². The molecule has 0 spiro atoms. The van der Waals surface area contributed by atoms with Crippen LogP contribution in [-0.2, 0) is 0 Å². The van der Waals surface area contributed by atoms with Crippen molar-refractivity contribution in [2.24, 2.45) is 0 Å². The van der Waals surface area contributed by atoms with Crippen molar-refractivity contribution in [1.82, 2.24) is 14.9 Å². The second-order valence-electron chi connectivity index (χ2n) is 7.39. The molecule has 2 aromatic heterocycles. The second-order valence-corrected chi connectivity index (χ2v) is 7.39. The van der Waals surface area contributed by atoms with Crippen LogP contribution >= 0.6 is 0 Å². The van der Waals surface area contributed by atoms with Gasteiger partial charge in [0.05, 0.1) is 5.39 Å². The molecule has 8 heteroatoms. The fourth-order valence-electron chi connectivity index (χ4n) is 3.70. The number of nitrogens with zero attached hydrogens (tertiary/aromatic N) is 3. The van der Waals surface area contributed by atoms with Gasteiger partial charge in [0.25, 0.3) is 0 Å². The molecule has 2 fully saturated rings. The molecule has 28 heavy (non-hydrogen) atoms. The third-order valence-electron chi connectivity index (χ3n) is 5.41. The number of hydrogen-bond acceptors (Lipinski definition) is 5. The van der Waals surface area contributed by atoms with Crippen LogP contribution in [0.3, 0.4) is 0 Å². The molecule has 0 amide bonds. The number of carboxylic acid groups (broad SMARTS) is 1. The van der Waals surface area contributed by atoms with Crippen molar-refractivity contribution in [2.75, 3.05) is 31.6 Å². The van der Waals surface area contributed by atoms with Gasteiger partial charge in [0, 0.05) is 31.9 Å². The summed E-state index contributed by atoms with van der Waals surface area (Å²) in [5.41, 5.74) is 0.678. The average Bonchev–Trinajstić information content (AvgIpc) is 3.52. The number of fused-ring (bicyclic) bond motifs is 1. The maximum absolute atomic E-state index is 14.8. The summed E-state index contributed by atoms with van der Waals surface area (Å²) in [7, 11) is 1.90. The number of halogens is 1. The van der Waals surface area contributed by atoms with Crippen molar-refractivity contribution >= 4 is 22.8 Å². The molecule has 7 nitrogen and oxygen atoms in total. The number of aromatic nitrogens is 2. The maximum atomic E-state index is 14.8. The summed E-state index contributed by atoms with van der Waals surface area (Å²) in [6.45, 7) is 2.13. The lowest BCUT2D eigenvalue weighted by atomic mass is 10.0. The standard InChI is InChI=1S/C20H23FN4O3/c1-22-7-4-12-5-8-24(9-6-12)19-16(21)10-14-17(26)15(20(27)28)11-25(13-2-3-13)18(14)23-19/h4,10-11,13,22H,2-3,5-9H2,1H3,(H,27,28). The van der Waals surface area contributed by atoms with E-state index in [4.69, 9.17) is 0 Å². The number of pyridine rings is 2. The van der Waals surface area contributed by atoms with Crippen LogP contribution in [0.15, 0.2) is 28.7 Å². The molecule has 1 aliphatic carbocycles. The van der Waals surface area contributed by atoms with E-state index in [0.717, 1.165) is 38.3 Å². The molecule has 4 rings (SSSR count). The topological polar surface area (TPSA) is 87.5 Å². The molecule has 2 aromatic rings. The molecule has 1 saturated heterocycles. The zero-order valence-corrected chi connectivity index (χ0v) is 15.7. The van der Waals surface area contributed by atoms with Gasteiger partial charge in [-0.2, -0.15) is 0 Å². The van der Waals surface area contributed by atoms with Gasteiger partial charge >= 0.3 is 5.97 Å². The first-order chi connectivity index (χ1) is 13.5. The van der Waals surface area contributed by atoms with Gasteiger partial charge in [-0.1, -0.05) is 11.6 Å². The first-order valence-corrected chi connectivity index (χ1v) is 9.55. The third kappa shape index (κ3) is 3.40. The van der Waals surface area contributed by atoms with E-state index in [9.17, 15) is 19.1 Å². The largest absolute Gasteiger partial charge is 0.477 e. The molecule has 148 valence electrons. The molecule has 0 unspecified atom stereocenters. The summed E-state index contributed by atoms with van der Waals surface area (Å²) in [5.74, 6) is -1.66. The highest BCUT2D eigenvalue weighted by atomic mass is 19.1. The highest BCUT2D eigenvalue weighted by Crippen LogP contribution is 2.37. The third-order valence-corrected chi connectivity index (χ3v) is 5.41. The van der Waals surface area contributed by atoms with Gasteiger partial charge < -0.3 is 19.9 Å². The van der Waals surface area contributed by atoms with E-state index in [1.54, 1.807) is 4.57 Å². The predicted molar refractivity (Wildman–Crippen MR) is 105 cm³/mol. The van der Waals surface area contributed by atoms with Crippen LogP contribution in [0.2, 0.25) is 0 Å². The molecule has 1 aliphatic heterocycles. The summed E-state index contributed by atoms with van der Waals surface area (Å²) in [6, 6.07) is 1.27. The quantitative estimate of drug-likeness (QED) is 0.767. The van der Waals surface area contributed by atoms with E-state index < -0.39 is 17.2 Å². The molecule has 0 atom stereocenters. The van der Waals surface area contributed by atoms with E-state index in [1.807, 2.05) is 11.9 Å². The molecule has 0 aromatic carbocycles. The number of aromatic carboxylic acids is 1. The first-order valence-electron chi connectivity index (χ1n) is 9.55. The summed E-state index contributed by atoms with van der Waals surface area (Å²) in [6.07, 6.45) is 7.00. The van der Waals surface area contributed by atoms with E-state index in [1.165, 1.54) is 11.8 Å². The van der Waals surface area contributed by atoms with Gasteiger partial charge in [-0.15, -0.1) is 0 Å². The normalized spacial score (nSPS) is 17.2. The average molecular weight is 386 g/mol. The van der Waals surface area contributed by atoms with Crippen molar-refractivity contribution in [3.63, 3.8) is 0 Å². The van der Waals surface area contributed by atoms with Crippen molar-refractivity contribution < 1.29 is 14.3 Å². The Morgan fingerprint density at radius 3 is 2.71 bits per heavy atom. The highest BCUT2D eigenvalue weighted by molar-refractivity contribution is 5.92. The minimum Gasteiger partial charge on any atom is -0.477 e. The summed E-state index contributed by atoms with van der Waals surface area (Å²) in [5, 5.41) is 12.4. The molecular weight excluding hydrogens is 363 g/mol. The Kier molecular flexibility index (Phi) is 4.89. The van der Waals surface area contributed by atoms with E-state index in [0.29, 0.717) is 18.7 Å². The van der Waals surface area contributed by atoms with Gasteiger partial charge in [0.1, 0.15) is 11.2 Å². The Hall–Kier alpha value is -2.74. The summed E-state index contributed by atoms with van der Waals surface area (Å²) in [4.78, 5) is 30.3. The van der Waals surface area contributed by atoms with Gasteiger partial charge in [-0.3, -0.25) is 4.79 Å². The monoisotopic (exact) mass is 386 g/mol. The SMILES string of the molecule is CNCC=C1CCN(c2nc3c(cc2F)c(=O)c(C(=O)O)cn3C2CC2)CC1. The number of hydrogen-bond donors (Lipinski definition) is 2. The fraction of sp³-hybridized carbons (Fsp3) is 0.450. The number of nitrogens with one attached hydrogen (secondary N) is 1. The van der Waals surface area contributed by atoms with Crippen LogP contribution < -0.4 is 15.6 Å². The van der Waals surface area contributed by atoms with Crippen LogP contribution in [0.25, 0.3) is 11.0 Å². The van der Waals surface area contributed by atoms with Crippen molar-refractivity contribution in [2.45, 2.75) is 31.7 Å². The van der Waals surface area contributed by atoms with Crippen LogP contribution in [-0.4, -0.2) is 47.3 Å². The number of carbonyl (C=O) groups is 1. The van der Waals surface area contributed by atoms with Crippen LogP contribution in [0.1, 0.15) is 42.1 Å².